The van der Waals surface area contributed by atoms with Gasteiger partial charge in [0.2, 0.25) is 5.91 Å². The van der Waals surface area contributed by atoms with Crippen LogP contribution in [0.15, 0.2) is 17.6 Å². The number of rotatable bonds is 5. The Kier molecular flexibility index (Phi) is 6.89. The highest BCUT2D eigenvalue weighted by molar-refractivity contribution is 5.85. The molecule has 2 heterocycles. The fourth-order valence-corrected chi connectivity index (χ4v) is 3.27. The predicted molar refractivity (Wildman–Crippen MR) is 92.4 cm³/mol. The number of ether oxygens (including phenoxy) is 1. The number of aliphatic imine (C=N–C) groups is 1. The number of amides is 1. The Balaban J connectivity index is 1.94. The Bertz CT molecular complexity index is 430. The Morgan fingerprint density at radius 1 is 1.35 bits per heavy atom. The van der Waals surface area contributed by atoms with Gasteiger partial charge < -0.3 is 19.9 Å². The summed E-state index contributed by atoms with van der Waals surface area (Å²) < 4.78 is 5.47. The number of carbonyl (C=O) groups is 1. The maximum Gasteiger partial charge on any atom is 0.243 e. The number of likely N-dealkylation sites (N-methyl/N-ethyl adjacent to an activating group) is 1. The summed E-state index contributed by atoms with van der Waals surface area (Å²) >= 11 is 0. The van der Waals surface area contributed by atoms with Crippen molar-refractivity contribution >= 4 is 11.9 Å². The summed E-state index contributed by atoms with van der Waals surface area (Å²) in [4.78, 5) is 20.2. The second kappa shape index (κ2) is 8.91. The van der Waals surface area contributed by atoms with E-state index in [4.69, 9.17) is 4.74 Å². The number of nitrogens with one attached hydrogen (secondary N) is 1. The third kappa shape index (κ3) is 5.23. The molecule has 1 unspecified atom stereocenters. The Hall–Kier alpha value is -1.56. The average Bonchev–Trinajstić information content (AvgIpc) is 3.05. The summed E-state index contributed by atoms with van der Waals surface area (Å²) in [5, 5.41) is 3.29. The zero-order valence-electron chi connectivity index (χ0n) is 14.5. The smallest absolute Gasteiger partial charge is 0.243 e. The van der Waals surface area contributed by atoms with E-state index >= 15 is 0 Å². The zero-order chi connectivity index (χ0) is 16.7. The van der Waals surface area contributed by atoms with Gasteiger partial charge in [-0.15, -0.1) is 6.58 Å². The van der Waals surface area contributed by atoms with E-state index in [1.54, 1.807) is 19.0 Å². The van der Waals surface area contributed by atoms with Crippen LogP contribution in [0.4, 0.5) is 0 Å². The summed E-state index contributed by atoms with van der Waals surface area (Å²) in [6.45, 7) is 8.40. The number of carbonyl (C=O) groups excluding carboxylic acids is 1. The van der Waals surface area contributed by atoms with Crippen LogP contribution in [-0.4, -0.2) is 75.2 Å². The number of likely N-dealkylation sites (tertiary alicyclic amines) is 1. The first-order valence-electron chi connectivity index (χ1n) is 8.54. The molecule has 2 aliphatic rings. The molecule has 6 heteroatoms. The molecule has 2 aliphatic heterocycles. The second-order valence-electron chi connectivity index (χ2n) is 6.54. The SMILES string of the molecule is C=CCNC(=NCC(=O)N(C)C)N1CCC(C2CCOCC2)C1. The van der Waals surface area contributed by atoms with Crippen LogP contribution in [-0.2, 0) is 9.53 Å². The van der Waals surface area contributed by atoms with Crippen LogP contribution >= 0.6 is 0 Å². The molecular formula is C17H30N4O2. The molecule has 1 amide bonds. The Morgan fingerprint density at radius 3 is 2.74 bits per heavy atom. The molecule has 0 saturated carbocycles. The van der Waals surface area contributed by atoms with E-state index in [0.29, 0.717) is 12.5 Å². The number of guanidine groups is 1. The molecule has 0 spiro atoms. The zero-order valence-corrected chi connectivity index (χ0v) is 14.5. The van der Waals surface area contributed by atoms with Crippen molar-refractivity contribution in [3.05, 3.63) is 12.7 Å². The predicted octanol–water partition coefficient (Wildman–Crippen LogP) is 0.955. The lowest BCUT2D eigenvalue weighted by atomic mass is 9.85. The standard InChI is InChI=1S/C17H30N4O2/c1-4-8-18-17(19-12-16(22)20(2)3)21-9-5-15(13-21)14-6-10-23-11-7-14/h4,14-15H,1,5-13H2,2-3H3,(H,18,19). The van der Waals surface area contributed by atoms with Gasteiger partial charge in [0.1, 0.15) is 6.54 Å². The first kappa shape index (κ1) is 17.8. The van der Waals surface area contributed by atoms with Crippen molar-refractivity contribution in [2.45, 2.75) is 19.3 Å². The van der Waals surface area contributed by atoms with E-state index in [1.165, 1.54) is 19.3 Å². The average molecular weight is 322 g/mol. The summed E-state index contributed by atoms with van der Waals surface area (Å²) in [5.41, 5.74) is 0. The minimum absolute atomic E-state index is 0.0167. The monoisotopic (exact) mass is 322 g/mol. The highest BCUT2D eigenvalue weighted by Gasteiger charge is 2.31. The van der Waals surface area contributed by atoms with Crippen LogP contribution in [0.1, 0.15) is 19.3 Å². The van der Waals surface area contributed by atoms with E-state index < -0.39 is 0 Å². The third-order valence-corrected chi connectivity index (χ3v) is 4.72. The third-order valence-electron chi connectivity index (χ3n) is 4.72. The van der Waals surface area contributed by atoms with Gasteiger partial charge in [-0.05, 0) is 31.1 Å². The van der Waals surface area contributed by atoms with Gasteiger partial charge in [-0.2, -0.15) is 0 Å². The number of nitrogens with zero attached hydrogens (tertiary/aromatic N) is 3. The highest BCUT2D eigenvalue weighted by Crippen LogP contribution is 2.31. The first-order chi connectivity index (χ1) is 11.1. The molecule has 1 atom stereocenters. The Morgan fingerprint density at radius 2 is 2.09 bits per heavy atom. The fourth-order valence-electron chi connectivity index (χ4n) is 3.27. The minimum atomic E-state index is 0.0167. The summed E-state index contributed by atoms with van der Waals surface area (Å²) in [6, 6.07) is 0. The lowest BCUT2D eigenvalue weighted by molar-refractivity contribution is -0.127. The van der Waals surface area contributed by atoms with Gasteiger partial charge in [0.15, 0.2) is 5.96 Å². The first-order valence-corrected chi connectivity index (χ1v) is 8.54. The lowest BCUT2D eigenvalue weighted by Crippen LogP contribution is -2.41. The fraction of sp³-hybridized carbons (Fsp3) is 0.765. The maximum absolute atomic E-state index is 11.8. The highest BCUT2D eigenvalue weighted by atomic mass is 16.5. The summed E-state index contributed by atoms with van der Waals surface area (Å²) in [5.74, 6) is 2.31. The minimum Gasteiger partial charge on any atom is -0.381 e. The number of hydrogen-bond donors (Lipinski definition) is 1. The molecular weight excluding hydrogens is 292 g/mol. The van der Waals surface area contributed by atoms with Crippen molar-refractivity contribution in [1.82, 2.24) is 15.1 Å². The van der Waals surface area contributed by atoms with Gasteiger partial charge in [0.05, 0.1) is 0 Å². The van der Waals surface area contributed by atoms with Crippen molar-refractivity contribution in [2.75, 3.05) is 53.5 Å². The van der Waals surface area contributed by atoms with Crippen molar-refractivity contribution < 1.29 is 9.53 Å². The largest absolute Gasteiger partial charge is 0.381 e. The van der Waals surface area contributed by atoms with Crippen LogP contribution in [0.5, 0.6) is 0 Å². The molecule has 130 valence electrons. The molecule has 0 aromatic heterocycles. The van der Waals surface area contributed by atoms with Crippen LogP contribution in [0.25, 0.3) is 0 Å². The summed E-state index contributed by atoms with van der Waals surface area (Å²) in [6.07, 6.45) is 5.35. The van der Waals surface area contributed by atoms with Crippen molar-refractivity contribution in [3.63, 3.8) is 0 Å². The van der Waals surface area contributed by atoms with Gasteiger partial charge in [-0.3, -0.25) is 4.79 Å². The van der Waals surface area contributed by atoms with Gasteiger partial charge in [0.25, 0.3) is 0 Å². The molecule has 23 heavy (non-hydrogen) atoms. The molecule has 0 aromatic carbocycles. The van der Waals surface area contributed by atoms with Crippen LogP contribution in [0.2, 0.25) is 0 Å². The Labute approximate surface area is 139 Å². The molecule has 0 aliphatic carbocycles. The second-order valence-corrected chi connectivity index (χ2v) is 6.54. The molecule has 1 N–H and O–H groups in total. The maximum atomic E-state index is 11.8. The topological polar surface area (TPSA) is 57.2 Å². The lowest BCUT2D eigenvalue weighted by Gasteiger charge is -2.28. The van der Waals surface area contributed by atoms with Gasteiger partial charge in [-0.25, -0.2) is 4.99 Å². The molecule has 0 radical (unpaired) electrons. The molecule has 0 bridgehead atoms. The van der Waals surface area contributed by atoms with Crippen LogP contribution in [0.3, 0.4) is 0 Å². The van der Waals surface area contributed by atoms with Gasteiger partial charge in [0, 0.05) is 46.9 Å². The van der Waals surface area contributed by atoms with Crippen molar-refractivity contribution in [1.29, 1.82) is 0 Å². The van der Waals surface area contributed by atoms with E-state index in [1.807, 2.05) is 6.08 Å². The number of hydrogen-bond acceptors (Lipinski definition) is 3. The van der Waals surface area contributed by atoms with E-state index in [9.17, 15) is 4.79 Å². The molecule has 6 nitrogen and oxygen atoms in total. The van der Waals surface area contributed by atoms with Crippen LogP contribution < -0.4 is 5.32 Å². The van der Waals surface area contributed by atoms with Gasteiger partial charge >= 0.3 is 0 Å². The molecule has 2 saturated heterocycles. The van der Waals surface area contributed by atoms with Crippen molar-refractivity contribution in [3.8, 4) is 0 Å². The quantitative estimate of drug-likeness (QED) is 0.465. The van der Waals surface area contributed by atoms with E-state index in [0.717, 1.165) is 38.2 Å². The normalized spacial score (nSPS) is 23.0. The summed E-state index contributed by atoms with van der Waals surface area (Å²) in [7, 11) is 3.51. The van der Waals surface area contributed by atoms with Crippen LogP contribution in [0, 0.1) is 11.8 Å². The molecule has 2 fully saturated rings. The molecule has 2 rings (SSSR count). The van der Waals surface area contributed by atoms with Gasteiger partial charge in [-0.1, -0.05) is 6.08 Å². The van der Waals surface area contributed by atoms with E-state index in [2.05, 4.69) is 21.8 Å². The van der Waals surface area contributed by atoms with Crippen molar-refractivity contribution in [2.24, 2.45) is 16.8 Å². The molecule has 0 aromatic rings. The van der Waals surface area contributed by atoms with E-state index in [-0.39, 0.29) is 12.5 Å².